The van der Waals surface area contributed by atoms with Crippen molar-refractivity contribution >= 4 is 11.6 Å². The second-order valence-electron chi connectivity index (χ2n) is 6.44. The topological polar surface area (TPSA) is 34.1 Å². The molecule has 3 aliphatic carbocycles. The molecule has 0 saturated carbocycles. The van der Waals surface area contributed by atoms with Crippen LogP contribution in [-0.2, 0) is 12.8 Å². The van der Waals surface area contributed by atoms with E-state index in [1.165, 1.54) is 24.0 Å². The molecule has 0 fully saturated rings. The average molecular weight is 308 g/mol. The van der Waals surface area contributed by atoms with E-state index in [9.17, 15) is 9.59 Å². The van der Waals surface area contributed by atoms with Gasteiger partial charge in [-0.2, -0.15) is 0 Å². The molecule has 3 aliphatic rings. The van der Waals surface area contributed by atoms with E-state index in [0.717, 1.165) is 19.3 Å². The normalized spacial score (nSPS) is 22.0. The Kier molecular flexibility index (Phi) is 4.34. The molecule has 0 aromatic heterocycles. The largest absolute Gasteiger partial charge is 0.289 e. The van der Waals surface area contributed by atoms with Gasteiger partial charge in [-0.1, -0.05) is 32.9 Å². The van der Waals surface area contributed by atoms with Crippen LogP contribution in [0.4, 0.5) is 0 Å². The lowest BCUT2D eigenvalue weighted by molar-refractivity contribution is 0.0970. The van der Waals surface area contributed by atoms with Crippen LogP contribution in [0.2, 0.25) is 0 Å². The smallest absolute Gasteiger partial charge is 0.194 e. The van der Waals surface area contributed by atoms with Crippen molar-refractivity contribution in [1.29, 1.82) is 0 Å². The standard InChI is InChI=1S/C19H18O2.C2H6/c1-11-6-7-14-15(8-11)19(21)17-10-13-5-3-2-4-12(13)9-16(17)18(14)20;1-2/h7-11H,2-6H2,1H3;1-2H3. The van der Waals surface area contributed by atoms with Crippen molar-refractivity contribution in [2.75, 3.05) is 0 Å². The number of hydrogen-bond donors (Lipinski definition) is 0. The summed E-state index contributed by atoms with van der Waals surface area (Å²) in [4.78, 5) is 25.5. The van der Waals surface area contributed by atoms with Gasteiger partial charge in [0.25, 0.3) is 0 Å². The van der Waals surface area contributed by atoms with Crippen LogP contribution in [0.1, 0.15) is 71.9 Å². The van der Waals surface area contributed by atoms with Crippen LogP contribution in [0.5, 0.6) is 0 Å². The Balaban J connectivity index is 0.000000753. The van der Waals surface area contributed by atoms with Crippen molar-refractivity contribution in [2.24, 2.45) is 5.92 Å². The van der Waals surface area contributed by atoms with E-state index in [-0.39, 0.29) is 11.6 Å². The number of Topliss-reactive ketones (excluding diaryl/α,β-unsaturated/α-hetero) is 2. The minimum atomic E-state index is 0.0378. The molecule has 23 heavy (non-hydrogen) atoms. The van der Waals surface area contributed by atoms with Gasteiger partial charge in [0, 0.05) is 22.3 Å². The summed E-state index contributed by atoms with van der Waals surface area (Å²) in [6.45, 7) is 6.08. The van der Waals surface area contributed by atoms with Gasteiger partial charge in [-0.25, -0.2) is 0 Å². The maximum absolute atomic E-state index is 12.8. The third kappa shape index (κ3) is 2.60. The van der Waals surface area contributed by atoms with Gasteiger partial charge in [-0.3, -0.25) is 9.59 Å². The second kappa shape index (κ2) is 6.27. The van der Waals surface area contributed by atoms with Crippen LogP contribution < -0.4 is 0 Å². The minimum Gasteiger partial charge on any atom is -0.289 e. The Hall–Kier alpha value is -1.96. The van der Waals surface area contributed by atoms with Crippen molar-refractivity contribution in [2.45, 2.75) is 52.9 Å². The quantitative estimate of drug-likeness (QED) is 0.685. The highest BCUT2D eigenvalue weighted by Crippen LogP contribution is 2.36. The molecule has 0 radical (unpaired) electrons. The Morgan fingerprint density at radius 3 is 1.96 bits per heavy atom. The maximum Gasteiger partial charge on any atom is 0.194 e. The zero-order valence-corrected chi connectivity index (χ0v) is 14.2. The number of aryl methyl sites for hydroxylation is 2. The van der Waals surface area contributed by atoms with Crippen LogP contribution in [-0.4, -0.2) is 11.6 Å². The number of carbonyl (C=O) groups excluding carboxylic acids is 2. The molecule has 0 spiro atoms. The number of benzene rings is 1. The first-order valence-electron chi connectivity index (χ1n) is 8.82. The zero-order valence-electron chi connectivity index (χ0n) is 14.2. The summed E-state index contributed by atoms with van der Waals surface area (Å²) in [5, 5.41) is 0. The van der Waals surface area contributed by atoms with Crippen molar-refractivity contribution in [3.63, 3.8) is 0 Å². The predicted molar refractivity (Wildman–Crippen MR) is 93.0 cm³/mol. The predicted octanol–water partition coefficient (Wildman–Crippen LogP) is 4.86. The molecule has 2 nitrogen and oxygen atoms in total. The Labute approximate surface area is 138 Å². The summed E-state index contributed by atoms with van der Waals surface area (Å²) in [5.41, 5.74) is 5.02. The van der Waals surface area contributed by atoms with Crippen LogP contribution in [0.25, 0.3) is 0 Å². The highest BCUT2D eigenvalue weighted by Gasteiger charge is 2.34. The van der Waals surface area contributed by atoms with Gasteiger partial charge < -0.3 is 0 Å². The van der Waals surface area contributed by atoms with Crippen molar-refractivity contribution < 1.29 is 9.59 Å². The SMILES string of the molecule is CC.CC1C=C2C(=O)c3cc4c(cc3C(=O)C2=CC1)CCCC4. The van der Waals surface area contributed by atoms with Gasteiger partial charge >= 0.3 is 0 Å². The lowest BCUT2D eigenvalue weighted by atomic mass is 9.75. The number of allylic oxidation sites excluding steroid dienone is 4. The molecule has 4 rings (SSSR count). The summed E-state index contributed by atoms with van der Waals surface area (Å²) in [6.07, 6.45) is 9.18. The maximum atomic E-state index is 12.8. The summed E-state index contributed by atoms with van der Waals surface area (Å²) < 4.78 is 0. The third-order valence-corrected chi connectivity index (χ3v) is 4.90. The lowest BCUT2D eigenvalue weighted by Gasteiger charge is -2.26. The van der Waals surface area contributed by atoms with Gasteiger partial charge in [-0.05, 0) is 61.3 Å². The van der Waals surface area contributed by atoms with E-state index in [1.54, 1.807) is 0 Å². The number of ketones is 2. The fourth-order valence-corrected chi connectivity index (χ4v) is 3.72. The third-order valence-electron chi connectivity index (χ3n) is 4.90. The zero-order chi connectivity index (χ0) is 16.6. The molecular weight excluding hydrogens is 284 g/mol. The molecule has 1 atom stereocenters. The highest BCUT2D eigenvalue weighted by atomic mass is 16.1. The molecule has 2 heteroatoms. The number of hydrogen-bond acceptors (Lipinski definition) is 2. The number of carbonyl (C=O) groups is 2. The summed E-state index contributed by atoms with van der Waals surface area (Å²) in [7, 11) is 0. The first-order valence-corrected chi connectivity index (χ1v) is 8.82. The highest BCUT2D eigenvalue weighted by molar-refractivity contribution is 6.31. The number of fused-ring (bicyclic) bond motifs is 3. The Bertz CT molecular complexity index is 734. The monoisotopic (exact) mass is 308 g/mol. The van der Waals surface area contributed by atoms with Gasteiger partial charge in [0.2, 0.25) is 0 Å². The van der Waals surface area contributed by atoms with Gasteiger partial charge in [0.05, 0.1) is 0 Å². The van der Waals surface area contributed by atoms with E-state index >= 15 is 0 Å². The van der Waals surface area contributed by atoms with Crippen molar-refractivity contribution in [1.82, 2.24) is 0 Å². The number of rotatable bonds is 0. The molecule has 1 aromatic carbocycles. The van der Waals surface area contributed by atoms with Crippen molar-refractivity contribution in [3.05, 3.63) is 57.7 Å². The van der Waals surface area contributed by atoms with E-state index in [0.29, 0.717) is 28.2 Å². The molecule has 1 aromatic rings. The Morgan fingerprint density at radius 1 is 0.870 bits per heavy atom. The Morgan fingerprint density at radius 2 is 1.39 bits per heavy atom. The van der Waals surface area contributed by atoms with Crippen molar-refractivity contribution in [3.8, 4) is 0 Å². The average Bonchev–Trinajstić information content (AvgIpc) is 2.60. The van der Waals surface area contributed by atoms with Gasteiger partial charge in [0.1, 0.15) is 0 Å². The molecule has 0 saturated heterocycles. The first kappa shape index (κ1) is 15.9. The van der Waals surface area contributed by atoms with Crippen LogP contribution in [0, 0.1) is 5.92 Å². The molecule has 1 unspecified atom stereocenters. The fourth-order valence-electron chi connectivity index (χ4n) is 3.72. The fraction of sp³-hybridized carbons (Fsp3) is 0.429. The van der Waals surface area contributed by atoms with Crippen LogP contribution in [0.3, 0.4) is 0 Å². The van der Waals surface area contributed by atoms with Crippen LogP contribution >= 0.6 is 0 Å². The summed E-state index contributed by atoms with van der Waals surface area (Å²) in [6, 6.07) is 3.97. The minimum absolute atomic E-state index is 0.0378. The first-order chi connectivity index (χ1) is 11.1. The summed E-state index contributed by atoms with van der Waals surface area (Å²) >= 11 is 0. The van der Waals surface area contributed by atoms with E-state index < -0.39 is 0 Å². The van der Waals surface area contributed by atoms with Gasteiger partial charge in [0.15, 0.2) is 11.6 Å². The molecule has 0 aliphatic heterocycles. The lowest BCUT2D eigenvalue weighted by Crippen LogP contribution is -2.26. The molecular formula is C21H24O2. The van der Waals surface area contributed by atoms with Crippen LogP contribution in [0.15, 0.2) is 35.4 Å². The van der Waals surface area contributed by atoms with E-state index in [1.807, 2.05) is 38.1 Å². The molecule has 0 N–H and O–H groups in total. The molecule has 0 heterocycles. The van der Waals surface area contributed by atoms with Gasteiger partial charge in [-0.15, -0.1) is 0 Å². The summed E-state index contributed by atoms with van der Waals surface area (Å²) in [5.74, 6) is 0.409. The molecule has 120 valence electrons. The van der Waals surface area contributed by atoms with E-state index in [4.69, 9.17) is 0 Å². The molecule has 0 bridgehead atoms. The second-order valence-corrected chi connectivity index (χ2v) is 6.44. The van der Waals surface area contributed by atoms with E-state index in [2.05, 4.69) is 6.92 Å². The molecule has 0 amide bonds.